The molecule has 3 rings (SSSR count). The highest BCUT2D eigenvalue weighted by molar-refractivity contribution is 5.88. The van der Waals surface area contributed by atoms with E-state index < -0.39 is 5.97 Å². The molecule has 0 fully saturated rings. The van der Waals surface area contributed by atoms with E-state index >= 15 is 0 Å². The highest BCUT2D eigenvalue weighted by Gasteiger charge is 2.08. The second-order valence-corrected chi connectivity index (χ2v) is 4.60. The Bertz CT molecular complexity index is 810. The number of hydrogen-bond donors (Lipinski definition) is 1. The number of aromatic carboxylic acids is 1. The third kappa shape index (κ3) is 2.67. The van der Waals surface area contributed by atoms with Gasteiger partial charge in [0.25, 0.3) is 0 Å². The van der Waals surface area contributed by atoms with E-state index in [0.717, 1.165) is 17.0 Å². The summed E-state index contributed by atoms with van der Waals surface area (Å²) < 4.78 is 6.83. The molecule has 0 amide bonds. The molecular formula is C16H13N3O3. The zero-order valence-electron chi connectivity index (χ0n) is 11.8. The van der Waals surface area contributed by atoms with Gasteiger partial charge in [0.2, 0.25) is 0 Å². The van der Waals surface area contributed by atoms with E-state index in [1.807, 2.05) is 24.3 Å². The summed E-state index contributed by atoms with van der Waals surface area (Å²) >= 11 is 0. The average molecular weight is 295 g/mol. The van der Waals surface area contributed by atoms with Crippen LogP contribution in [-0.2, 0) is 0 Å². The van der Waals surface area contributed by atoms with Crippen LogP contribution in [0.5, 0.6) is 5.75 Å². The lowest BCUT2D eigenvalue weighted by Gasteiger charge is -2.03. The molecule has 0 radical (unpaired) electrons. The fraction of sp³-hybridized carbons (Fsp3) is 0.0625. The molecule has 2 aromatic carbocycles. The first-order chi connectivity index (χ1) is 10.7. The topological polar surface area (TPSA) is 77.2 Å². The smallest absolute Gasteiger partial charge is 0.335 e. The van der Waals surface area contributed by atoms with Gasteiger partial charge in [-0.25, -0.2) is 14.5 Å². The third-order valence-electron chi connectivity index (χ3n) is 3.20. The van der Waals surface area contributed by atoms with Crippen LogP contribution in [-0.4, -0.2) is 33.0 Å². The summed E-state index contributed by atoms with van der Waals surface area (Å²) in [4.78, 5) is 15.1. The Hall–Kier alpha value is -3.15. The van der Waals surface area contributed by atoms with Crippen molar-refractivity contribution in [2.75, 3.05) is 7.11 Å². The van der Waals surface area contributed by atoms with Gasteiger partial charge in [-0.15, -0.1) is 5.10 Å². The highest BCUT2D eigenvalue weighted by atomic mass is 16.5. The second kappa shape index (κ2) is 5.69. The zero-order chi connectivity index (χ0) is 15.5. The highest BCUT2D eigenvalue weighted by Crippen LogP contribution is 2.19. The van der Waals surface area contributed by atoms with E-state index in [0.29, 0.717) is 5.82 Å². The average Bonchev–Trinajstić information content (AvgIpc) is 3.05. The van der Waals surface area contributed by atoms with Crippen LogP contribution in [0.4, 0.5) is 0 Å². The number of rotatable bonds is 4. The van der Waals surface area contributed by atoms with Crippen LogP contribution in [0.25, 0.3) is 17.1 Å². The summed E-state index contributed by atoms with van der Waals surface area (Å²) in [5.41, 5.74) is 1.82. The normalized spacial score (nSPS) is 10.4. The predicted octanol–water partition coefficient (Wildman–Crippen LogP) is 2.64. The lowest BCUT2D eigenvalue weighted by Crippen LogP contribution is -1.96. The van der Waals surface area contributed by atoms with Crippen molar-refractivity contribution in [2.24, 2.45) is 0 Å². The molecule has 0 bridgehead atoms. The maximum absolute atomic E-state index is 10.9. The molecule has 0 atom stereocenters. The molecule has 0 saturated carbocycles. The van der Waals surface area contributed by atoms with Gasteiger partial charge >= 0.3 is 5.97 Å². The Morgan fingerprint density at radius 2 is 1.95 bits per heavy atom. The SMILES string of the molecule is COc1cccc(-n2cnc(-c3ccc(C(=O)O)cc3)n2)c1. The van der Waals surface area contributed by atoms with Gasteiger partial charge < -0.3 is 9.84 Å². The first-order valence-electron chi connectivity index (χ1n) is 6.57. The lowest BCUT2D eigenvalue weighted by molar-refractivity contribution is 0.0697. The molecule has 0 aliphatic heterocycles. The quantitative estimate of drug-likeness (QED) is 0.800. The zero-order valence-corrected chi connectivity index (χ0v) is 11.8. The molecule has 0 aliphatic carbocycles. The number of benzene rings is 2. The fourth-order valence-electron chi connectivity index (χ4n) is 2.03. The number of carbonyl (C=O) groups is 1. The summed E-state index contributed by atoms with van der Waals surface area (Å²) in [6.45, 7) is 0. The Balaban J connectivity index is 1.91. The number of ether oxygens (including phenoxy) is 1. The molecule has 110 valence electrons. The molecule has 22 heavy (non-hydrogen) atoms. The number of hydrogen-bond acceptors (Lipinski definition) is 4. The van der Waals surface area contributed by atoms with Crippen LogP contribution >= 0.6 is 0 Å². The van der Waals surface area contributed by atoms with Crippen molar-refractivity contribution in [3.05, 3.63) is 60.4 Å². The summed E-state index contributed by atoms with van der Waals surface area (Å²) in [7, 11) is 1.61. The van der Waals surface area contributed by atoms with Crippen molar-refractivity contribution in [1.29, 1.82) is 0 Å². The van der Waals surface area contributed by atoms with Crippen molar-refractivity contribution in [1.82, 2.24) is 14.8 Å². The molecule has 6 nitrogen and oxygen atoms in total. The maximum atomic E-state index is 10.9. The monoisotopic (exact) mass is 295 g/mol. The van der Waals surface area contributed by atoms with Crippen molar-refractivity contribution >= 4 is 5.97 Å². The Morgan fingerprint density at radius 3 is 2.64 bits per heavy atom. The van der Waals surface area contributed by atoms with Crippen molar-refractivity contribution in [2.45, 2.75) is 0 Å². The minimum Gasteiger partial charge on any atom is -0.497 e. The Kier molecular flexibility index (Phi) is 3.57. The number of nitrogens with zero attached hydrogens (tertiary/aromatic N) is 3. The van der Waals surface area contributed by atoms with E-state index in [1.54, 1.807) is 30.3 Å². The Morgan fingerprint density at radius 1 is 1.18 bits per heavy atom. The minimum absolute atomic E-state index is 0.232. The van der Waals surface area contributed by atoms with Crippen molar-refractivity contribution in [3.63, 3.8) is 0 Å². The standard InChI is InChI=1S/C16H13N3O3/c1-22-14-4-2-3-13(9-14)19-10-17-15(18-19)11-5-7-12(8-6-11)16(20)21/h2-10H,1H3,(H,20,21). The molecule has 1 aromatic heterocycles. The second-order valence-electron chi connectivity index (χ2n) is 4.60. The molecule has 0 unspecified atom stereocenters. The fourth-order valence-corrected chi connectivity index (χ4v) is 2.03. The van der Waals surface area contributed by atoms with Gasteiger partial charge in [0.05, 0.1) is 18.4 Å². The predicted molar refractivity (Wildman–Crippen MR) is 80.3 cm³/mol. The molecule has 0 spiro atoms. The molecule has 0 aliphatic rings. The van der Waals surface area contributed by atoms with Gasteiger partial charge in [0.15, 0.2) is 5.82 Å². The molecule has 1 heterocycles. The third-order valence-corrected chi connectivity index (χ3v) is 3.20. The van der Waals surface area contributed by atoms with Crippen LogP contribution in [0.3, 0.4) is 0 Å². The van der Waals surface area contributed by atoms with Crippen LogP contribution in [0.2, 0.25) is 0 Å². The minimum atomic E-state index is -0.957. The van der Waals surface area contributed by atoms with Crippen LogP contribution in [0.15, 0.2) is 54.9 Å². The summed E-state index contributed by atoms with van der Waals surface area (Å²) in [5, 5.41) is 13.3. The van der Waals surface area contributed by atoms with Crippen LogP contribution in [0, 0.1) is 0 Å². The van der Waals surface area contributed by atoms with E-state index in [2.05, 4.69) is 10.1 Å². The van der Waals surface area contributed by atoms with Gasteiger partial charge in [-0.3, -0.25) is 0 Å². The van der Waals surface area contributed by atoms with E-state index in [-0.39, 0.29) is 5.56 Å². The van der Waals surface area contributed by atoms with Gasteiger partial charge in [-0.1, -0.05) is 18.2 Å². The summed E-state index contributed by atoms with van der Waals surface area (Å²) in [6.07, 6.45) is 1.61. The molecule has 6 heteroatoms. The van der Waals surface area contributed by atoms with Crippen molar-refractivity contribution < 1.29 is 14.6 Å². The molecule has 0 saturated heterocycles. The Labute approximate surface area is 126 Å². The van der Waals surface area contributed by atoms with Crippen LogP contribution in [0.1, 0.15) is 10.4 Å². The largest absolute Gasteiger partial charge is 0.497 e. The molecular weight excluding hydrogens is 282 g/mol. The summed E-state index contributed by atoms with van der Waals surface area (Å²) in [6, 6.07) is 13.9. The van der Waals surface area contributed by atoms with Gasteiger partial charge in [-0.2, -0.15) is 0 Å². The number of carboxylic acids is 1. The molecule has 3 aromatic rings. The summed E-state index contributed by atoms with van der Waals surface area (Å²) in [5.74, 6) is 0.307. The van der Waals surface area contributed by atoms with Crippen LogP contribution < -0.4 is 4.74 Å². The van der Waals surface area contributed by atoms with Gasteiger partial charge in [0.1, 0.15) is 12.1 Å². The number of methoxy groups -OCH3 is 1. The van der Waals surface area contributed by atoms with E-state index in [4.69, 9.17) is 9.84 Å². The van der Waals surface area contributed by atoms with E-state index in [1.165, 1.54) is 12.1 Å². The van der Waals surface area contributed by atoms with Crippen molar-refractivity contribution in [3.8, 4) is 22.8 Å². The first-order valence-corrected chi connectivity index (χ1v) is 6.57. The van der Waals surface area contributed by atoms with Gasteiger partial charge in [-0.05, 0) is 24.3 Å². The number of aromatic nitrogens is 3. The molecule has 1 N–H and O–H groups in total. The lowest BCUT2D eigenvalue weighted by atomic mass is 10.1. The van der Waals surface area contributed by atoms with Gasteiger partial charge in [0, 0.05) is 11.6 Å². The maximum Gasteiger partial charge on any atom is 0.335 e. The number of carboxylic acid groups (broad SMARTS) is 1. The first kappa shape index (κ1) is 13.8. The van der Waals surface area contributed by atoms with E-state index in [9.17, 15) is 4.79 Å².